The third kappa shape index (κ3) is 9.85. The highest BCUT2D eigenvalue weighted by molar-refractivity contribution is 6.02. The molecule has 2 aromatic rings. The van der Waals surface area contributed by atoms with Gasteiger partial charge in [0.1, 0.15) is 11.4 Å². The van der Waals surface area contributed by atoms with Gasteiger partial charge in [0.15, 0.2) is 0 Å². The number of carbonyl (C=O) groups is 3. The summed E-state index contributed by atoms with van der Waals surface area (Å²) in [5, 5.41) is 0. The van der Waals surface area contributed by atoms with Crippen molar-refractivity contribution in [1.82, 2.24) is 14.7 Å². The number of piperazine rings is 1. The highest BCUT2D eigenvalue weighted by atomic mass is 16.6. The average Bonchev–Trinajstić information content (AvgIpc) is 3.10. The predicted octanol–water partition coefficient (Wildman–Crippen LogP) is 4.93. The van der Waals surface area contributed by atoms with Crippen molar-refractivity contribution in [3.8, 4) is 5.75 Å². The van der Waals surface area contributed by atoms with Gasteiger partial charge < -0.3 is 24.0 Å². The van der Waals surface area contributed by atoms with Gasteiger partial charge in [0, 0.05) is 51.4 Å². The molecular weight excluding hydrogens is 546 g/mol. The van der Waals surface area contributed by atoms with Crippen LogP contribution in [0.5, 0.6) is 5.75 Å². The van der Waals surface area contributed by atoms with E-state index in [-0.39, 0.29) is 25.0 Å². The second kappa shape index (κ2) is 15.0. The molecule has 0 spiro atoms. The van der Waals surface area contributed by atoms with Crippen LogP contribution in [0.1, 0.15) is 57.2 Å². The Morgan fingerprint density at radius 3 is 2.40 bits per heavy atom. The molecule has 2 heterocycles. The second-order valence-electron chi connectivity index (χ2n) is 12.0. The number of ether oxygens (including phenoxy) is 3. The SMILES string of the molecule is CCOC(=O)CC1=Cc2cc(OCCCN3CCN(C(=O)OC(C)(C)C)CC3)ccc2CN(CCc2ccccc2)C1=O. The third-order valence-electron chi connectivity index (χ3n) is 7.43. The van der Waals surface area contributed by atoms with Crippen LogP contribution in [0.4, 0.5) is 4.79 Å². The van der Waals surface area contributed by atoms with Crippen LogP contribution >= 0.6 is 0 Å². The maximum absolute atomic E-state index is 13.5. The minimum atomic E-state index is -0.489. The molecule has 2 aliphatic rings. The molecule has 0 radical (unpaired) electrons. The van der Waals surface area contributed by atoms with E-state index in [1.165, 1.54) is 0 Å². The standard InChI is InChI=1S/C34H45N3O6/c1-5-41-31(38)24-29-22-28-23-30(13-12-27(28)25-37(32(29)39)16-14-26-10-7-6-8-11-26)42-21-9-15-35-17-19-36(20-18-35)33(40)43-34(2,3)4/h6-8,10-13,22-23H,5,9,14-21,24-25H2,1-4H3. The first-order valence-corrected chi connectivity index (χ1v) is 15.3. The number of hydrogen-bond acceptors (Lipinski definition) is 7. The monoisotopic (exact) mass is 591 g/mol. The van der Waals surface area contributed by atoms with Crippen LogP contribution in [0.3, 0.4) is 0 Å². The summed E-state index contributed by atoms with van der Waals surface area (Å²) in [6.45, 7) is 13.0. The van der Waals surface area contributed by atoms with Crippen molar-refractivity contribution in [2.45, 2.75) is 59.1 Å². The smallest absolute Gasteiger partial charge is 0.410 e. The van der Waals surface area contributed by atoms with Crippen LogP contribution in [0.15, 0.2) is 54.1 Å². The Morgan fingerprint density at radius 2 is 1.70 bits per heavy atom. The topological polar surface area (TPSA) is 88.6 Å². The van der Waals surface area contributed by atoms with Crippen LogP contribution in [0.2, 0.25) is 0 Å². The quantitative estimate of drug-likeness (QED) is 0.271. The van der Waals surface area contributed by atoms with Gasteiger partial charge in [-0.05, 0) is 75.4 Å². The van der Waals surface area contributed by atoms with E-state index in [0.717, 1.165) is 54.9 Å². The summed E-state index contributed by atoms with van der Waals surface area (Å²) in [7, 11) is 0. The van der Waals surface area contributed by atoms with Gasteiger partial charge in [-0.2, -0.15) is 0 Å². The van der Waals surface area contributed by atoms with Gasteiger partial charge >= 0.3 is 12.1 Å². The van der Waals surface area contributed by atoms with Gasteiger partial charge in [0.05, 0.1) is 19.6 Å². The Hall–Kier alpha value is -3.85. The summed E-state index contributed by atoms with van der Waals surface area (Å²) < 4.78 is 16.7. The van der Waals surface area contributed by atoms with Crippen molar-refractivity contribution in [3.63, 3.8) is 0 Å². The summed E-state index contributed by atoms with van der Waals surface area (Å²) in [5.41, 5.74) is 2.98. The van der Waals surface area contributed by atoms with Crippen molar-refractivity contribution >= 4 is 24.0 Å². The zero-order chi connectivity index (χ0) is 30.8. The van der Waals surface area contributed by atoms with Crippen LogP contribution in [-0.4, -0.2) is 90.8 Å². The van der Waals surface area contributed by atoms with Gasteiger partial charge in [-0.15, -0.1) is 0 Å². The first kappa shape index (κ1) is 32.1. The lowest BCUT2D eigenvalue weighted by Gasteiger charge is -2.35. The Kier molecular flexibility index (Phi) is 11.2. The van der Waals surface area contributed by atoms with Gasteiger partial charge in [0.2, 0.25) is 0 Å². The van der Waals surface area contributed by atoms with Crippen LogP contribution in [-0.2, 0) is 32.0 Å². The number of esters is 1. The molecule has 0 saturated carbocycles. The summed E-state index contributed by atoms with van der Waals surface area (Å²) in [6.07, 6.45) is 3.07. The molecule has 9 nitrogen and oxygen atoms in total. The zero-order valence-electron chi connectivity index (χ0n) is 26.0. The van der Waals surface area contributed by atoms with Crippen molar-refractivity contribution in [2.75, 3.05) is 52.5 Å². The summed E-state index contributed by atoms with van der Waals surface area (Å²) in [6, 6.07) is 16.0. The van der Waals surface area contributed by atoms with E-state index in [0.29, 0.717) is 38.4 Å². The Morgan fingerprint density at radius 1 is 0.953 bits per heavy atom. The molecule has 2 amide bonds. The van der Waals surface area contributed by atoms with Crippen LogP contribution in [0.25, 0.3) is 6.08 Å². The largest absolute Gasteiger partial charge is 0.494 e. The van der Waals surface area contributed by atoms with Crippen molar-refractivity contribution < 1.29 is 28.6 Å². The Labute approximate surface area is 255 Å². The van der Waals surface area contributed by atoms with E-state index in [1.807, 2.05) is 68.1 Å². The molecule has 0 bridgehead atoms. The molecule has 232 valence electrons. The van der Waals surface area contributed by atoms with E-state index in [4.69, 9.17) is 14.2 Å². The van der Waals surface area contributed by atoms with Gasteiger partial charge in [0.25, 0.3) is 5.91 Å². The molecule has 2 aromatic carbocycles. The highest BCUT2D eigenvalue weighted by Gasteiger charge is 2.27. The van der Waals surface area contributed by atoms with Gasteiger partial charge in [-0.1, -0.05) is 36.4 Å². The zero-order valence-corrected chi connectivity index (χ0v) is 26.0. The lowest BCUT2D eigenvalue weighted by molar-refractivity contribution is -0.143. The molecule has 0 aromatic heterocycles. The molecule has 0 unspecified atom stereocenters. The molecule has 43 heavy (non-hydrogen) atoms. The molecule has 0 aliphatic carbocycles. The molecule has 4 rings (SSSR count). The predicted molar refractivity (Wildman–Crippen MR) is 166 cm³/mol. The Balaban J connectivity index is 1.33. The molecule has 9 heteroatoms. The number of hydrogen-bond donors (Lipinski definition) is 0. The third-order valence-corrected chi connectivity index (χ3v) is 7.43. The normalized spacial score (nSPS) is 15.8. The first-order valence-electron chi connectivity index (χ1n) is 15.3. The van der Waals surface area contributed by atoms with E-state index in [2.05, 4.69) is 17.0 Å². The summed E-state index contributed by atoms with van der Waals surface area (Å²) >= 11 is 0. The Bertz CT molecular complexity index is 1280. The molecule has 2 aliphatic heterocycles. The minimum Gasteiger partial charge on any atom is -0.494 e. The highest BCUT2D eigenvalue weighted by Crippen LogP contribution is 2.28. The summed E-state index contributed by atoms with van der Waals surface area (Å²) in [4.78, 5) is 44.1. The lowest BCUT2D eigenvalue weighted by atomic mass is 10.0. The number of amides is 2. The number of rotatable bonds is 11. The fourth-order valence-electron chi connectivity index (χ4n) is 5.21. The molecule has 0 N–H and O–H groups in total. The van der Waals surface area contributed by atoms with Crippen LogP contribution in [0, 0.1) is 0 Å². The number of nitrogens with zero attached hydrogens (tertiary/aromatic N) is 3. The van der Waals surface area contributed by atoms with Crippen LogP contribution < -0.4 is 4.74 Å². The lowest BCUT2D eigenvalue weighted by Crippen LogP contribution is -2.50. The molecule has 1 fully saturated rings. The van der Waals surface area contributed by atoms with Crippen molar-refractivity contribution in [3.05, 3.63) is 70.8 Å². The van der Waals surface area contributed by atoms with E-state index >= 15 is 0 Å². The molecule has 1 saturated heterocycles. The second-order valence-corrected chi connectivity index (χ2v) is 12.0. The fraction of sp³-hybridized carbons (Fsp3) is 0.500. The van der Waals surface area contributed by atoms with Gasteiger partial charge in [-0.3, -0.25) is 14.5 Å². The number of fused-ring (bicyclic) bond motifs is 1. The van der Waals surface area contributed by atoms with E-state index in [1.54, 1.807) is 11.8 Å². The molecule has 0 atom stereocenters. The number of carbonyl (C=O) groups excluding carboxylic acids is 3. The van der Waals surface area contributed by atoms with Crippen molar-refractivity contribution in [2.24, 2.45) is 0 Å². The van der Waals surface area contributed by atoms with E-state index in [9.17, 15) is 14.4 Å². The first-order chi connectivity index (χ1) is 20.6. The maximum atomic E-state index is 13.5. The van der Waals surface area contributed by atoms with Crippen molar-refractivity contribution in [1.29, 1.82) is 0 Å². The molecular formula is C34H45N3O6. The minimum absolute atomic E-state index is 0.0692. The fourth-order valence-corrected chi connectivity index (χ4v) is 5.21. The maximum Gasteiger partial charge on any atom is 0.410 e. The average molecular weight is 592 g/mol. The summed E-state index contributed by atoms with van der Waals surface area (Å²) in [5.74, 6) is 0.174. The van der Waals surface area contributed by atoms with E-state index < -0.39 is 11.6 Å². The number of benzene rings is 2. The van der Waals surface area contributed by atoms with Gasteiger partial charge in [-0.25, -0.2) is 4.79 Å².